The zero-order chi connectivity index (χ0) is 23.5. The van der Waals surface area contributed by atoms with Crippen LogP contribution in [0.3, 0.4) is 0 Å². The van der Waals surface area contributed by atoms with Gasteiger partial charge in [-0.1, -0.05) is 49.1 Å². The maximum Gasteiger partial charge on any atom is 0.416 e. The van der Waals surface area contributed by atoms with E-state index in [2.05, 4.69) is 11.9 Å². The summed E-state index contributed by atoms with van der Waals surface area (Å²) >= 11 is 0. The number of rotatable bonds is 6. The van der Waals surface area contributed by atoms with Crippen LogP contribution in [0, 0.1) is 18.6 Å². The van der Waals surface area contributed by atoms with Crippen molar-refractivity contribution in [2.24, 2.45) is 0 Å². The third-order valence-corrected chi connectivity index (χ3v) is 5.02. The van der Waals surface area contributed by atoms with Crippen LogP contribution in [0.4, 0.5) is 27.6 Å². The summed E-state index contributed by atoms with van der Waals surface area (Å²) in [5, 5.41) is 2.99. The van der Waals surface area contributed by atoms with Crippen LogP contribution in [0.1, 0.15) is 27.8 Å². The van der Waals surface area contributed by atoms with Crippen LogP contribution in [0.15, 0.2) is 73.3 Å². The minimum atomic E-state index is -4.50. The molecular formula is C25H21F5N2. The summed E-state index contributed by atoms with van der Waals surface area (Å²) in [5.41, 5.74) is 7.25. The lowest BCUT2D eigenvalue weighted by atomic mass is 10.0. The predicted octanol–water partition coefficient (Wildman–Crippen LogP) is 6.72. The number of halogens is 5. The molecule has 0 radical (unpaired) electrons. The second-order valence-corrected chi connectivity index (χ2v) is 7.23. The van der Waals surface area contributed by atoms with Crippen LogP contribution in [0.5, 0.6) is 0 Å². The summed E-state index contributed by atoms with van der Waals surface area (Å²) in [7, 11) is 0. The smallest absolute Gasteiger partial charge is 0.398 e. The number of nitrogen functional groups attached to an aromatic ring is 1. The fourth-order valence-electron chi connectivity index (χ4n) is 3.35. The SMILES string of the molecule is C=C(N/C(=C/Cc1ccccc1C(F)(F)F)c1ccccc1N)c1cc(F)cc(F)c1C. The molecule has 0 saturated carbocycles. The van der Waals surface area contributed by atoms with Gasteiger partial charge in [0.05, 0.1) is 5.56 Å². The molecule has 0 aliphatic rings. The number of para-hydroxylation sites is 1. The van der Waals surface area contributed by atoms with E-state index >= 15 is 0 Å². The van der Waals surface area contributed by atoms with Gasteiger partial charge in [-0.05, 0) is 42.7 Å². The summed E-state index contributed by atoms with van der Waals surface area (Å²) < 4.78 is 67.9. The quantitative estimate of drug-likeness (QED) is 0.327. The van der Waals surface area contributed by atoms with E-state index in [1.807, 2.05) is 0 Å². The molecule has 0 atom stereocenters. The number of anilines is 1. The third-order valence-electron chi connectivity index (χ3n) is 5.02. The summed E-state index contributed by atoms with van der Waals surface area (Å²) in [5.74, 6) is -1.50. The molecule has 32 heavy (non-hydrogen) atoms. The van der Waals surface area contributed by atoms with Gasteiger partial charge < -0.3 is 11.1 Å². The first kappa shape index (κ1) is 23.1. The van der Waals surface area contributed by atoms with Gasteiger partial charge in [-0.3, -0.25) is 0 Å². The van der Waals surface area contributed by atoms with Crippen molar-refractivity contribution in [2.75, 3.05) is 5.73 Å². The first-order chi connectivity index (χ1) is 15.1. The van der Waals surface area contributed by atoms with Gasteiger partial charge in [0, 0.05) is 34.3 Å². The maximum atomic E-state index is 14.0. The van der Waals surface area contributed by atoms with Gasteiger partial charge in [-0.15, -0.1) is 0 Å². The Morgan fingerprint density at radius 1 is 1.00 bits per heavy atom. The van der Waals surface area contributed by atoms with E-state index in [0.717, 1.165) is 18.2 Å². The van der Waals surface area contributed by atoms with Gasteiger partial charge in [0.2, 0.25) is 0 Å². The summed E-state index contributed by atoms with van der Waals surface area (Å²) in [6.07, 6.45) is -3.01. The van der Waals surface area contributed by atoms with E-state index in [1.54, 1.807) is 30.3 Å². The summed E-state index contributed by atoms with van der Waals surface area (Å²) in [4.78, 5) is 0. The maximum absolute atomic E-state index is 14.0. The fraction of sp³-hybridized carbons (Fsp3) is 0.120. The molecule has 0 aliphatic carbocycles. The monoisotopic (exact) mass is 444 g/mol. The molecule has 0 amide bonds. The molecular weight excluding hydrogens is 423 g/mol. The van der Waals surface area contributed by atoms with Gasteiger partial charge in [0.25, 0.3) is 0 Å². The van der Waals surface area contributed by atoms with Crippen LogP contribution in [-0.2, 0) is 12.6 Å². The fourth-order valence-corrected chi connectivity index (χ4v) is 3.35. The molecule has 3 N–H and O–H groups in total. The van der Waals surface area contributed by atoms with Crippen molar-refractivity contribution in [2.45, 2.75) is 19.5 Å². The largest absolute Gasteiger partial charge is 0.416 e. The molecule has 0 fully saturated rings. The van der Waals surface area contributed by atoms with Gasteiger partial charge in [-0.25, -0.2) is 8.78 Å². The van der Waals surface area contributed by atoms with Crippen molar-refractivity contribution in [1.82, 2.24) is 5.32 Å². The lowest BCUT2D eigenvalue weighted by molar-refractivity contribution is -0.138. The molecule has 0 spiro atoms. The van der Waals surface area contributed by atoms with Gasteiger partial charge >= 0.3 is 6.18 Å². The molecule has 3 rings (SSSR count). The van der Waals surface area contributed by atoms with E-state index in [1.165, 1.54) is 25.1 Å². The number of alkyl halides is 3. The second-order valence-electron chi connectivity index (χ2n) is 7.23. The lowest BCUT2D eigenvalue weighted by Gasteiger charge is -2.18. The van der Waals surface area contributed by atoms with Crippen molar-refractivity contribution in [3.05, 3.63) is 113 Å². The molecule has 0 bridgehead atoms. The predicted molar refractivity (Wildman–Crippen MR) is 117 cm³/mol. The standard InChI is InChI=1S/C25H21F5N2/c1-15-20(13-18(26)14-22(15)27)16(2)32-24(19-8-4-6-10-23(19)31)12-11-17-7-3-5-9-21(17)25(28,29)30/h3-10,12-14,32H,2,11,31H2,1H3/b24-12+. The van der Waals surface area contributed by atoms with Crippen molar-refractivity contribution < 1.29 is 22.0 Å². The molecule has 0 heterocycles. The molecule has 0 aliphatic heterocycles. The molecule has 2 nitrogen and oxygen atoms in total. The summed E-state index contributed by atoms with van der Waals surface area (Å²) in [6, 6.07) is 14.0. The molecule has 0 aromatic heterocycles. The van der Waals surface area contributed by atoms with Crippen molar-refractivity contribution in [3.8, 4) is 0 Å². The average molecular weight is 444 g/mol. The van der Waals surface area contributed by atoms with Gasteiger partial charge in [0.1, 0.15) is 11.6 Å². The number of hydrogen-bond donors (Lipinski definition) is 2. The molecule has 0 unspecified atom stereocenters. The first-order valence-electron chi connectivity index (χ1n) is 9.70. The number of allylic oxidation sites excluding steroid dienone is 1. The molecule has 0 saturated heterocycles. The normalized spacial score (nSPS) is 12.0. The van der Waals surface area contributed by atoms with E-state index in [-0.39, 0.29) is 28.8 Å². The van der Waals surface area contributed by atoms with Crippen molar-refractivity contribution in [1.29, 1.82) is 0 Å². The second kappa shape index (κ2) is 9.26. The van der Waals surface area contributed by atoms with Crippen LogP contribution < -0.4 is 11.1 Å². The Bertz CT molecular complexity index is 1180. The Morgan fingerprint density at radius 3 is 2.34 bits per heavy atom. The topological polar surface area (TPSA) is 38.0 Å². The van der Waals surface area contributed by atoms with Crippen LogP contribution in [0.25, 0.3) is 11.4 Å². The van der Waals surface area contributed by atoms with Crippen molar-refractivity contribution >= 4 is 17.1 Å². The van der Waals surface area contributed by atoms with E-state index < -0.39 is 23.4 Å². The Kier molecular flexibility index (Phi) is 6.67. The lowest BCUT2D eigenvalue weighted by Crippen LogP contribution is -2.14. The highest BCUT2D eigenvalue weighted by molar-refractivity contribution is 5.81. The van der Waals surface area contributed by atoms with Gasteiger partial charge in [-0.2, -0.15) is 13.2 Å². The molecule has 3 aromatic rings. The highest BCUT2D eigenvalue weighted by Crippen LogP contribution is 2.33. The number of nitrogens with one attached hydrogen (secondary N) is 1. The minimum Gasteiger partial charge on any atom is -0.398 e. The van der Waals surface area contributed by atoms with Crippen LogP contribution in [0.2, 0.25) is 0 Å². The Hall–Kier alpha value is -3.61. The average Bonchev–Trinajstić information content (AvgIpc) is 2.73. The number of hydrogen-bond acceptors (Lipinski definition) is 2. The van der Waals surface area contributed by atoms with Crippen LogP contribution in [-0.4, -0.2) is 0 Å². The van der Waals surface area contributed by atoms with E-state index in [9.17, 15) is 22.0 Å². The van der Waals surface area contributed by atoms with Crippen molar-refractivity contribution in [3.63, 3.8) is 0 Å². The third kappa shape index (κ3) is 5.17. The zero-order valence-corrected chi connectivity index (χ0v) is 17.2. The first-order valence-corrected chi connectivity index (χ1v) is 9.70. The molecule has 166 valence electrons. The van der Waals surface area contributed by atoms with E-state index in [4.69, 9.17) is 5.73 Å². The molecule has 3 aromatic carbocycles. The number of nitrogens with two attached hydrogens (primary N) is 1. The Balaban J connectivity index is 2.02. The zero-order valence-electron chi connectivity index (χ0n) is 17.2. The highest BCUT2D eigenvalue weighted by atomic mass is 19.4. The van der Waals surface area contributed by atoms with E-state index in [0.29, 0.717) is 16.9 Å². The highest BCUT2D eigenvalue weighted by Gasteiger charge is 2.32. The van der Waals surface area contributed by atoms with Gasteiger partial charge in [0.15, 0.2) is 0 Å². The molecule has 7 heteroatoms. The number of benzene rings is 3. The Labute approximate surface area is 182 Å². The summed E-state index contributed by atoms with van der Waals surface area (Å²) in [6.45, 7) is 5.35. The van der Waals surface area contributed by atoms with Crippen LogP contribution >= 0.6 is 0 Å². The Morgan fingerprint density at radius 2 is 1.66 bits per heavy atom. The minimum absolute atomic E-state index is 0.0594.